The van der Waals surface area contributed by atoms with E-state index in [2.05, 4.69) is 14.9 Å². The van der Waals surface area contributed by atoms with Gasteiger partial charge in [-0.15, -0.1) is 0 Å². The third kappa shape index (κ3) is 3.58. The summed E-state index contributed by atoms with van der Waals surface area (Å²) in [5, 5.41) is 0.821. The first-order valence-corrected chi connectivity index (χ1v) is 10.2. The van der Waals surface area contributed by atoms with E-state index in [1.165, 1.54) is 16.7 Å². The molecule has 5 heterocycles. The SMILES string of the molecule is FC(F)(F)c1ncccc1-n1ccc2cc(CN3CCC4(CCOC4)CC3)cnc21. The number of hydrogen-bond donors (Lipinski definition) is 0. The highest BCUT2D eigenvalue weighted by atomic mass is 19.4. The highest BCUT2D eigenvalue weighted by Gasteiger charge is 2.38. The Kier molecular flexibility index (Phi) is 4.78. The van der Waals surface area contributed by atoms with Gasteiger partial charge in [-0.25, -0.2) is 9.97 Å². The van der Waals surface area contributed by atoms with Crippen LogP contribution in [0.15, 0.2) is 42.9 Å². The number of aromatic nitrogens is 3. The van der Waals surface area contributed by atoms with Crippen molar-refractivity contribution in [3.63, 3.8) is 0 Å². The van der Waals surface area contributed by atoms with Crippen molar-refractivity contribution < 1.29 is 17.9 Å². The van der Waals surface area contributed by atoms with Crippen molar-refractivity contribution in [3.8, 4) is 5.69 Å². The number of rotatable bonds is 3. The summed E-state index contributed by atoms with van der Waals surface area (Å²) in [5.41, 5.74) is 1.02. The van der Waals surface area contributed by atoms with Crippen molar-refractivity contribution in [1.82, 2.24) is 19.4 Å². The lowest BCUT2D eigenvalue weighted by molar-refractivity contribution is -0.141. The summed E-state index contributed by atoms with van der Waals surface area (Å²) in [6, 6.07) is 6.75. The summed E-state index contributed by atoms with van der Waals surface area (Å²) in [5.74, 6) is 0. The van der Waals surface area contributed by atoms with Crippen LogP contribution in [0.1, 0.15) is 30.5 Å². The van der Waals surface area contributed by atoms with Gasteiger partial charge in [-0.2, -0.15) is 13.2 Å². The normalized spacial score (nSPS) is 19.7. The van der Waals surface area contributed by atoms with E-state index in [1.54, 1.807) is 18.5 Å². The molecular weight excluding hydrogens is 393 g/mol. The van der Waals surface area contributed by atoms with Crippen molar-refractivity contribution in [2.75, 3.05) is 26.3 Å². The lowest BCUT2D eigenvalue weighted by Crippen LogP contribution is -2.40. The van der Waals surface area contributed by atoms with E-state index in [1.807, 2.05) is 6.07 Å². The van der Waals surface area contributed by atoms with E-state index in [0.717, 1.165) is 69.3 Å². The molecule has 1 spiro atoms. The molecule has 5 rings (SSSR count). The smallest absolute Gasteiger partial charge is 0.381 e. The summed E-state index contributed by atoms with van der Waals surface area (Å²) in [7, 11) is 0. The number of fused-ring (bicyclic) bond motifs is 1. The molecular formula is C22H23F3N4O. The van der Waals surface area contributed by atoms with Gasteiger partial charge in [0.2, 0.25) is 0 Å². The number of halogens is 3. The lowest BCUT2D eigenvalue weighted by atomic mass is 9.78. The van der Waals surface area contributed by atoms with Crippen LogP contribution in [-0.4, -0.2) is 45.7 Å². The summed E-state index contributed by atoms with van der Waals surface area (Å²) in [6.45, 7) is 4.63. The Morgan fingerprint density at radius 3 is 2.67 bits per heavy atom. The molecule has 0 bridgehead atoms. The number of likely N-dealkylation sites (tertiary alicyclic amines) is 1. The molecule has 158 valence electrons. The van der Waals surface area contributed by atoms with Crippen LogP contribution in [0.3, 0.4) is 0 Å². The molecule has 0 atom stereocenters. The highest BCUT2D eigenvalue weighted by molar-refractivity contribution is 5.79. The van der Waals surface area contributed by atoms with Crippen molar-refractivity contribution in [3.05, 3.63) is 54.1 Å². The van der Waals surface area contributed by atoms with Crippen molar-refractivity contribution in [2.24, 2.45) is 5.41 Å². The number of ether oxygens (including phenoxy) is 1. The zero-order valence-electron chi connectivity index (χ0n) is 16.5. The standard InChI is InChI=1S/C22H23F3N4O/c23-22(24,25)19-18(2-1-7-26-19)29-8-3-17-12-16(13-27-20(17)29)14-28-9-4-21(5-10-28)6-11-30-15-21/h1-3,7-8,12-13H,4-6,9-11,14-15H2. The Bertz CT molecular complexity index is 1050. The van der Waals surface area contributed by atoms with Gasteiger partial charge < -0.3 is 4.74 Å². The second kappa shape index (κ2) is 7.35. The fraction of sp³-hybridized carbons (Fsp3) is 0.455. The third-order valence-electron chi connectivity index (χ3n) is 6.41. The van der Waals surface area contributed by atoms with Gasteiger partial charge in [0.25, 0.3) is 0 Å². The lowest BCUT2D eigenvalue weighted by Gasteiger charge is -2.38. The maximum Gasteiger partial charge on any atom is 0.435 e. The second-order valence-electron chi connectivity index (χ2n) is 8.39. The van der Waals surface area contributed by atoms with Gasteiger partial charge in [-0.05, 0) is 67.6 Å². The maximum atomic E-state index is 13.4. The van der Waals surface area contributed by atoms with Crippen LogP contribution in [0.25, 0.3) is 16.7 Å². The van der Waals surface area contributed by atoms with Crippen LogP contribution < -0.4 is 0 Å². The summed E-state index contributed by atoms with van der Waals surface area (Å²) >= 11 is 0. The molecule has 3 aromatic rings. The molecule has 0 radical (unpaired) electrons. The molecule has 2 aliphatic rings. The minimum absolute atomic E-state index is 0.0136. The first kappa shape index (κ1) is 19.5. The van der Waals surface area contributed by atoms with Crippen molar-refractivity contribution >= 4 is 11.0 Å². The van der Waals surface area contributed by atoms with Crippen LogP contribution in [0.5, 0.6) is 0 Å². The summed E-state index contributed by atoms with van der Waals surface area (Å²) in [6.07, 6.45) is 3.49. The van der Waals surface area contributed by atoms with Crippen LogP contribution in [0.4, 0.5) is 13.2 Å². The Morgan fingerprint density at radius 2 is 1.93 bits per heavy atom. The van der Waals surface area contributed by atoms with Crippen LogP contribution in [-0.2, 0) is 17.5 Å². The average Bonchev–Trinajstić information content (AvgIpc) is 3.36. The molecule has 0 saturated carbocycles. The topological polar surface area (TPSA) is 43.2 Å². The quantitative estimate of drug-likeness (QED) is 0.633. The highest BCUT2D eigenvalue weighted by Crippen LogP contribution is 2.39. The van der Waals surface area contributed by atoms with E-state index in [0.29, 0.717) is 11.1 Å². The second-order valence-corrected chi connectivity index (χ2v) is 8.39. The summed E-state index contributed by atoms with van der Waals surface area (Å²) < 4.78 is 47.2. The van der Waals surface area contributed by atoms with Gasteiger partial charge in [0.15, 0.2) is 5.69 Å². The van der Waals surface area contributed by atoms with Crippen LogP contribution in [0.2, 0.25) is 0 Å². The molecule has 0 N–H and O–H groups in total. The van der Waals surface area contributed by atoms with Gasteiger partial charge in [0.1, 0.15) is 5.65 Å². The van der Waals surface area contributed by atoms with E-state index in [-0.39, 0.29) is 5.69 Å². The number of alkyl halides is 3. The fourth-order valence-electron chi connectivity index (χ4n) is 4.65. The molecule has 0 aromatic carbocycles. The molecule has 5 nitrogen and oxygen atoms in total. The van der Waals surface area contributed by atoms with Gasteiger partial charge >= 0.3 is 6.18 Å². The predicted octanol–water partition coefficient (Wildman–Crippen LogP) is 4.44. The Labute approximate surface area is 172 Å². The molecule has 30 heavy (non-hydrogen) atoms. The van der Waals surface area contributed by atoms with Crippen LogP contribution in [0, 0.1) is 5.41 Å². The number of nitrogens with zero attached hydrogens (tertiary/aromatic N) is 4. The fourth-order valence-corrected chi connectivity index (χ4v) is 4.65. The number of piperidine rings is 1. The molecule has 0 amide bonds. The van der Waals surface area contributed by atoms with E-state index in [4.69, 9.17) is 4.74 Å². The third-order valence-corrected chi connectivity index (χ3v) is 6.41. The van der Waals surface area contributed by atoms with E-state index >= 15 is 0 Å². The average molecular weight is 416 g/mol. The molecule has 2 aliphatic heterocycles. The zero-order chi connectivity index (χ0) is 20.8. The first-order valence-electron chi connectivity index (χ1n) is 10.2. The van der Waals surface area contributed by atoms with E-state index < -0.39 is 11.9 Å². The monoisotopic (exact) mass is 416 g/mol. The van der Waals surface area contributed by atoms with Crippen LogP contribution >= 0.6 is 0 Å². The molecule has 2 saturated heterocycles. The maximum absolute atomic E-state index is 13.4. The molecule has 8 heteroatoms. The predicted molar refractivity (Wildman–Crippen MR) is 106 cm³/mol. The molecule has 3 aromatic heterocycles. The Hall–Kier alpha value is -2.45. The van der Waals surface area contributed by atoms with E-state index in [9.17, 15) is 13.2 Å². The number of hydrogen-bond acceptors (Lipinski definition) is 4. The van der Waals surface area contributed by atoms with Gasteiger partial charge in [0, 0.05) is 37.1 Å². The number of pyridine rings is 2. The molecule has 0 aliphatic carbocycles. The Morgan fingerprint density at radius 1 is 1.10 bits per heavy atom. The zero-order valence-corrected chi connectivity index (χ0v) is 16.5. The summed E-state index contributed by atoms with van der Waals surface area (Å²) in [4.78, 5) is 10.5. The van der Waals surface area contributed by atoms with Gasteiger partial charge in [-0.3, -0.25) is 9.47 Å². The molecule has 2 fully saturated rings. The Balaban J connectivity index is 1.36. The largest absolute Gasteiger partial charge is 0.435 e. The van der Waals surface area contributed by atoms with Gasteiger partial charge in [0.05, 0.1) is 12.3 Å². The minimum atomic E-state index is -4.52. The van der Waals surface area contributed by atoms with Crippen molar-refractivity contribution in [1.29, 1.82) is 0 Å². The minimum Gasteiger partial charge on any atom is -0.381 e. The van der Waals surface area contributed by atoms with Crippen molar-refractivity contribution in [2.45, 2.75) is 32.0 Å². The first-order chi connectivity index (χ1) is 14.4. The molecule has 0 unspecified atom stereocenters. The van der Waals surface area contributed by atoms with Gasteiger partial charge in [-0.1, -0.05) is 0 Å².